The van der Waals surface area contributed by atoms with Crippen LogP contribution in [0.15, 0.2) is 16.8 Å². The second-order valence-corrected chi connectivity index (χ2v) is 5.22. The molecule has 1 aromatic rings. The molecule has 0 saturated heterocycles. The molecule has 0 amide bonds. The summed E-state index contributed by atoms with van der Waals surface area (Å²) in [7, 11) is 0. The van der Waals surface area contributed by atoms with Crippen LogP contribution in [0.25, 0.3) is 0 Å². The van der Waals surface area contributed by atoms with Crippen molar-refractivity contribution in [2.75, 3.05) is 6.54 Å². The van der Waals surface area contributed by atoms with Gasteiger partial charge in [0, 0.05) is 12.6 Å². The molecule has 3 atom stereocenters. The summed E-state index contributed by atoms with van der Waals surface area (Å²) in [4.78, 5) is 0. The Balaban J connectivity index is 1.78. The molecule has 1 aromatic heterocycles. The highest BCUT2D eigenvalue weighted by Crippen LogP contribution is 2.20. The van der Waals surface area contributed by atoms with E-state index in [1.165, 1.54) is 6.42 Å². The van der Waals surface area contributed by atoms with Gasteiger partial charge < -0.3 is 15.5 Å². The van der Waals surface area contributed by atoms with Crippen molar-refractivity contribution in [1.29, 1.82) is 0 Å². The fraction of sp³-hybridized carbons (Fsp3) is 0.667. The van der Waals surface area contributed by atoms with Gasteiger partial charge in [-0.25, -0.2) is 0 Å². The van der Waals surface area contributed by atoms with E-state index in [1.807, 2.05) is 16.8 Å². The van der Waals surface area contributed by atoms with Crippen molar-refractivity contribution in [2.24, 2.45) is 0 Å². The van der Waals surface area contributed by atoms with E-state index < -0.39 is 6.10 Å². The third kappa shape index (κ3) is 3.04. The maximum absolute atomic E-state index is 9.89. The van der Waals surface area contributed by atoms with Crippen LogP contribution in [0, 0.1) is 0 Å². The molecular weight excluding hydrogens is 222 g/mol. The minimum Gasteiger partial charge on any atom is -0.392 e. The molecule has 3 nitrogen and oxygen atoms in total. The second kappa shape index (κ2) is 5.77. The first-order chi connectivity index (χ1) is 7.77. The lowest BCUT2D eigenvalue weighted by Crippen LogP contribution is -2.43. The maximum atomic E-state index is 9.89. The predicted octanol–water partition coefficient (Wildman–Crippen LogP) is 1.67. The molecular formula is C12H19NO2S. The number of aliphatic hydroxyl groups excluding tert-OH is 2. The minimum atomic E-state index is -0.458. The van der Waals surface area contributed by atoms with Crippen molar-refractivity contribution >= 4 is 11.3 Å². The molecule has 0 bridgehead atoms. The van der Waals surface area contributed by atoms with Crippen LogP contribution in [0.4, 0.5) is 0 Å². The van der Waals surface area contributed by atoms with Gasteiger partial charge in [0.05, 0.1) is 12.2 Å². The van der Waals surface area contributed by atoms with Crippen molar-refractivity contribution in [3.05, 3.63) is 22.4 Å². The molecule has 0 aromatic carbocycles. The van der Waals surface area contributed by atoms with Crippen LogP contribution in [-0.2, 0) is 0 Å². The summed E-state index contributed by atoms with van der Waals surface area (Å²) in [6.07, 6.45) is 3.48. The van der Waals surface area contributed by atoms with Gasteiger partial charge in [-0.2, -0.15) is 11.3 Å². The summed E-state index contributed by atoms with van der Waals surface area (Å²) in [5.74, 6) is 0. The predicted molar refractivity (Wildman–Crippen MR) is 65.5 cm³/mol. The highest BCUT2D eigenvalue weighted by atomic mass is 32.1. The van der Waals surface area contributed by atoms with Crippen molar-refractivity contribution in [3.63, 3.8) is 0 Å². The van der Waals surface area contributed by atoms with Crippen LogP contribution in [-0.4, -0.2) is 28.9 Å². The molecule has 90 valence electrons. The number of aliphatic hydroxyl groups is 2. The van der Waals surface area contributed by atoms with Crippen LogP contribution in [0.5, 0.6) is 0 Å². The Bertz CT molecular complexity index is 302. The van der Waals surface area contributed by atoms with Gasteiger partial charge in [-0.15, -0.1) is 0 Å². The Morgan fingerprint density at radius 2 is 2.25 bits per heavy atom. The second-order valence-electron chi connectivity index (χ2n) is 4.44. The lowest BCUT2D eigenvalue weighted by Gasteiger charge is -2.29. The van der Waals surface area contributed by atoms with Crippen molar-refractivity contribution in [1.82, 2.24) is 5.32 Å². The monoisotopic (exact) mass is 241 g/mol. The molecule has 0 spiro atoms. The van der Waals surface area contributed by atoms with Crippen molar-refractivity contribution < 1.29 is 10.2 Å². The fourth-order valence-corrected chi connectivity index (χ4v) is 2.90. The zero-order valence-electron chi connectivity index (χ0n) is 9.30. The zero-order chi connectivity index (χ0) is 11.4. The average molecular weight is 241 g/mol. The van der Waals surface area contributed by atoms with Gasteiger partial charge in [0.2, 0.25) is 0 Å². The molecule has 0 aliphatic heterocycles. The molecule has 4 heteroatoms. The summed E-state index contributed by atoms with van der Waals surface area (Å²) in [5, 5.41) is 26.9. The van der Waals surface area contributed by atoms with E-state index >= 15 is 0 Å². The number of thiophene rings is 1. The molecule has 1 saturated carbocycles. The molecule has 1 fully saturated rings. The summed E-state index contributed by atoms with van der Waals surface area (Å²) in [6, 6.07) is 2.09. The van der Waals surface area contributed by atoms with Crippen molar-refractivity contribution in [3.8, 4) is 0 Å². The van der Waals surface area contributed by atoms with Crippen LogP contribution < -0.4 is 5.32 Å². The summed E-state index contributed by atoms with van der Waals surface area (Å²) < 4.78 is 0. The van der Waals surface area contributed by atoms with E-state index in [-0.39, 0.29) is 12.1 Å². The Labute approximate surface area is 100 Å². The summed E-state index contributed by atoms with van der Waals surface area (Å²) in [6.45, 7) is 0.526. The number of nitrogens with one attached hydrogen (secondary N) is 1. The van der Waals surface area contributed by atoms with Crippen LogP contribution >= 0.6 is 11.3 Å². The fourth-order valence-electron chi connectivity index (χ4n) is 2.19. The standard InChI is InChI=1S/C12H19NO2S/c14-11-4-2-1-3-10(11)13-7-12(15)9-5-6-16-8-9/h5-6,8,10-15H,1-4,7H2. The smallest absolute Gasteiger partial charge is 0.0922 e. The molecule has 2 rings (SSSR count). The van der Waals surface area contributed by atoms with Gasteiger partial charge in [-0.3, -0.25) is 0 Å². The average Bonchev–Trinajstić information content (AvgIpc) is 2.81. The first-order valence-corrected chi connectivity index (χ1v) is 6.83. The zero-order valence-corrected chi connectivity index (χ0v) is 10.1. The summed E-state index contributed by atoms with van der Waals surface area (Å²) in [5.41, 5.74) is 0.961. The van der Waals surface area contributed by atoms with Gasteiger partial charge >= 0.3 is 0 Å². The van der Waals surface area contributed by atoms with Gasteiger partial charge in [0.15, 0.2) is 0 Å². The number of hydrogen-bond acceptors (Lipinski definition) is 4. The van der Waals surface area contributed by atoms with E-state index in [2.05, 4.69) is 5.32 Å². The van der Waals surface area contributed by atoms with Gasteiger partial charge in [-0.1, -0.05) is 12.8 Å². The lowest BCUT2D eigenvalue weighted by molar-refractivity contribution is 0.0798. The number of hydrogen-bond donors (Lipinski definition) is 3. The minimum absolute atomic E-state index is 0.155. The Kier molecular flexibility index (Phi) is 4.35. The lowest BCUT2D eigenvalue weighted by atomic mass is 9.92. The molecule has 16 heavy (non-hydrogen) atoms. The highest BCUT2D eigenvalue weighted by molar-refractivity contribution is 7.07. The molecule has 0 radical (unpaired) electrons. The normalized spacial score (nSPS) is 27.9. The topological polar surface area (TPSA) is 52.5 Å². The number of rotatable bonds is 4. The molecule has 3 unspecified atom stereocenters. The van der Waals surface area contributed by atoms with E-state index in [0.717, 1.165) is 24.8 Å². The largest absolute Gasteiger partial charge is 0.392 e. The van der Waals surface area contributed by atoms with E-state index in [4.69, 9.17) is 0 Å². The molecule has 3 N–H and O–H groups in total. The van der Waals surface area contributed by atoms with Gasteiger partial charge in [0.25, 0.3) is 0 Å². The molecule has 1 aliphatic carbocycles. The molecule has 1 aliphatic rings. The van der Waals surface area contributed by atoms with Crippen molar-refractivity contribution in [2.45, 2.75) is 43.9 Å². The van der Waals surface area contributed by atoms with Crippen LogP contribution in [0.1, 0.15) is 37.4 Å². The maximum Gasteiger partial charge on any atom is 0.0922 e. The van der Waals surface area contributed by atoms with E-state index in [9.17, 15) is 10.2 Å². The van der Waals surface area contributed by atoms with Gasteiger partial charge in [-0.05, 0) is 35.2 Å². The Morgan fingerprint density at radius 3 is 2.94 bits per heavy atom. The Hall–Kier alpha value is -0.420. The van der Waals surface area contributed by atoms with Crippen LogP contribution in [0.2, 0.25) is 0 Å². The highest BCUT2D eigenvalue weighted by Gasteiger charge is 2.23. The quantitative estimate of drug-likeness (QED) is 0.751. The van der Waals surface area contributed by atoms with Crippen LogP contribution in [0.3, 0.4) is 0 Å². The SMILES string of the molecule is OC(CNC1CCCCC1O)c1ccsc1. The van der Waals surface area contributed by atoms with Gasteiger partial charge in [0.1, 0.15) is 0 Å². The summed E-state index contributed by atoms with van der Waals surface area (Å²) >= 11 is 1.59. The first-order valence-electron chi connectivity index (χ1n) is 5.89. The molecule has 1 heterocycles. The third-order valence-electron chi connectivity index (χ3n) is 3.23. The van der Waals surface area contributed by atoms with E-state index in [1.54, 1.807) is 11.3 Å². The first kappa shape index (κ1) is 12.0. The Morgan fingerprint density at radius 1 is 1.44 bits per heavy atom. The van der Waals surface area contributed by atoms with E-state index in [0.29, 0.717) is 6.54 Å². The third-order valence-corrected chi connectivity index (χ3v) is 3.93.